The molecule has 0 atom stereocenters. The Labute approximate surface area is 184 Å². The largest absolute Gasteiger partial charge is 0.475 e. The molecule has 154 valence electrons. The number of likely N-dealkylation sites (N-methyl/N-ethyl adjacent to an activating group) is 1. The minimum absolute atomic E-state index is 0.143. The van der Waals surface area contributed by atoms with Crippen molar-refractivity contribution >= 4 is 47.0 Å². The number of nitrogens with one attached hydrogen (secondary N) is 1. The molecule has 2 rings (SSSR count). The van der Waals surface area contributed by atoms with Crippen molar-refractivity contribution in [2.24, 2.45) is 0 Å². The van der Waals surface area contributed by atoms with Gasteiger partial charge in [-0.3, -0.25) is 14.4 Å². The Bertz CT molecular complexity index is 1010. The fraction of sp³-hybridized carbons (Fsp3) is 0.136. The van der Waals surface area contributed by atoms with Crippen LogP contribution in [0.1, 0.15) is 15.9 Å². The molecule has 2 aromatic rings. The number of hydrogen-bond donors (Lipinski definition) is 1. The van der Waals surface area contributed by atoms with Gasteiger partial charge in [-0.2, -0.15) is 0 Å². The Balaban J connectivity index is 2.04. The van der Waals surface area contributed by atoms with E-state index >= 15 is 0 Å². The van der Waals surface area contributed by atoms with E-state index in [-0.39, 0.29) is 24.8 Å². The lowest BCUT2D eigenvalue weighted by atomic mass is 10.1. The number of allylic oxidation sites excluding steroid dienone is 1. The molecule has 0 aliphatic rings. The summed E-state index contributed by atoms with van der Waals surface area (Å²) in [5.41, 5.74) is 1.63. The molecular formula is C22H18Cl2N2O4. The van der Waals surface area contributed by atoms with Gasteiger partial charge in [-0.05, 0) is 42.0 Å². The lowest BCUT2D eigenvalue weighted by Crippen LogP contribution is -2.29. The number of benzene rings is 2. The summed E-state index contributed by atoms with van der Waals surface area (Å²) in [6.07, 6.45) is 6.56. The second-order valence-corrected chi connectivity index (χ2v) is 6.83. The minimum atomic E-state index is -0.549. The molecule has 8 heteroatoms. The van der Waals surface area contributed by atoms with Gasteiger partial charge >= 0.3 is 0 Å². The molecule has 2 aromatic carbocycles. The molecule has 1 N–H and O–H groups in total. The molecular weight excluding hydrogens is 427 g/mol. The molecule has 0 fully saturated rings. The highest BCUT2D eigenvalue weighted by Gasteiger charge is 2.18. The van der Waals surface area contributed by atoms with Crippen molar-refractivity contribution in [1.29, 1.82) is 0 Å². The van der Waals surface area contributed by atoms with E-state index in [4.69, 9.17) is 34.4 Å². The van der Waals surface area contributed by atoms with Crippen LogP contribution in [0.15, 0.2) is 54.3 Å². The number of aldehydes is 1. The zero-order chi connectivity index (χ0) is 22.1. The highest BCUT2D eigenvalue weighted by Crippen LogP contribution is 2.21. The summed E-state index contributed by atoms with van der Waals surface area (Å²) in [5.74, 6) is 1.20. The summed E-state index contributed by atoms with van der Waals surface area (Å²) in [6.45, 7) is 0.0946. The summed E-state index contributed by atoms with van der Waals surface area (Å²) >= 11 is 12.0. The molecule has 6 nitrogen and oxygen atoms in total. The molecule has 30 heavy (non-hydrogen) atoms. The van der Waals surface area contributed by atoms with E-state index in [9.17, 15) is 14.4 Å². The van der Waals surface area contributed by atoms with E-state index in [1.807, 2.05) is 0 Å². The van der Waals surface area contributed by atoms with E-state index in [2.05, 4.69) is 11.2 Å². The average molecular weight is 445 g/mol. The Morgan fingerprint density at radius 1 is 1.20 bits per heavy atom. The van der Waals surface area contributed by atoms with Gasteiger partial charge in [0.2, 0.25) is 0 Å². The van der Waals surface area contributed by atoms with Gasteiger partial charge < -0.3 is 15.0 Å². The molecule has 0 aromatic heterocycles. The van der Waals surface area contributed by atoms with Crippen molar-refractivity contribution in [1.82, 2.24) is 5.32 Å². The van der Waals surface area contributed by atoms with Crippen LogP contribution in [-0.2, 0) is 20.9 Å². The molecule has 0 aliphatic heterocycles. The van der Waals surface area contributed by atoms with Crippen molar-refractivity contribution in [2.45, 2.75) is 6.54 Å². The highest BCUT2D eigenvalue weighted by molar-refractivity contribution is 6.35. The third-order valence-corrected chi connectivity index (χ3v) is 4.60. The lowest BCUT2D eigenvalue weighted by Gasteiger charge is -2.19. The Morgan fingerprint density at radius 2 is 1.90 bits per heavy atom. The van der Waals surface area contributed by atoms with Gasteiger partial charge in [0, 0.05) is 41.0 Å². The first-order valence-electron chi connectivity index (χ1n) is 8.69. The van der Waals surface area contributed by atoms with Gasteiger partial charge in [-0.15, -0.1) is 6.42 Å². The molecule has 0 spiro atoms. The quantitative estimate of drug-likeness (QED) is 0.292. The van der Waals surface area contributed by atoms with E-state index in [1.54, 1.807) is 42.5 Å². The van der Waals surface area contributed by atoms with E-state index in [1.165, 1.54) is 11.9 Å². The standard InChI is InChI=1S/C22H18Cl2N2O4/c1-3-12-30-20(10-11-27)22(29)26(2)18-8-5-15(6-9-18)21(28)25-14-16-4-7-17(23)13-19(16)24/h1,4-11,13H,12,14H2,2H3,(H,25,28)/b20-10+. The maximum atomic E-state index is 12.5. The van der Waals surface area contributed by atoms with Crippen LogP contribution in [-0.4, -0.2) is 31.8 Å². The number of rotatable bonds is 8. The minimum Gasteiger partial charge on any atom is -0.475 e. The topological polar surface area (TPSA) is 75.7 Å². The summed E-state index contributed by atoms with van der Waals surface area (Å²) < 4.78 is 5.11. The Kier molecular flexibility index (Phi) is 8.48. The van der Waals surface area contributed by atoms with E-state index < -0.39 is 5.91 Å². The molecule has 0 saturated heterocycles. The van der Waals surface area contributed by atoms with Crippen LogP contribution in [0.2, 0.25) is 10.0 Å². The number of carbonyl (C=O) groups excluding carboxylic acids is 3. The van der Waals surface area contributed by atoms with Crippen molar-refractivity contribution < 1.29 is 19.1 Å². The highest BCUT2D eigenvalue weighted by atomic mass is 35.5. The zero-order valence-corrected chi connectivity index (χ0v) is 17.5. The van der Waals surface area contributed by atoms with E-state index in [0.29, 0.717) is 27.6 Å². The predicted molar refractivity (Wildman–Crippen MR) is 116 cm³/mol. The number of ether oxygens (including phenoxy) is 1. The third kappa shape index (κ3) is 6.11. The normalized spacial score (nSPS) is 10.7. The smallest absolute Gasteiger partial charge is 0.293 e. The summed E-state index contributed by atoms with van der Waals surface area (Å²) in [5, 5.41) is 3.75. The number of amides is 2. The monoisotopic (exact) mass is 444 g/mol. The van der Waals surface area contributed by atoms with Gasteiger partial charge in [0.1, 0.15) is 12.9 Å². The van der Waals surface area contributed by atoms with Gasteiger partial charge in [0.05, 0.1) is 0 Å². The summed E-state index contributed by atoms with van der Waals surface area (Å²) in [6, 6.07) is 11.4. The number of anilines is 1. The molecule has 2 amide bonds. The van der Waals surface area contributed by atoms with E-state index in [0.717, 1.165) is 11.6 Å². The first-order valence-corrected chi connectivity index (χ1v) is 9.45. The van der Waals surface area contributed by atoms with Crippen molar-refractivity contribution in [3.05, 3.63) is 75.5 Å². The number of halogens is 2. The van der Waals surface area contributed by atoms with Gasteiger partial charge in [-0.1, -0.05) is 35.2 Å². The maximum Gasteiger partial charge on any atom is 0.293 e. The van der Waals surface area contributed by atoms with Gasteiger partial charge in [0.25, 0.3) is 11.8 Å². The first-order chi connectivity index (χ1) is 14.4. The second kappa shape index (κ2) is 11.1. The number of hydrogen-bond acceptors (Lipinski definition) is 4. The molecule has 0 saturated carbocycles. The predicted octanol–water partition coefficient (Wildman–Crippen LogP) is 3.62. The third-order valence-electron chi connectivity index (χ3n) is 4.02. The molecule has 0 heterocycles. The maximum absolute atomic E-state index is 12.5. The second-order valence-electron chi connectivity index (χ2n) is 5.99. The van der Waals surface area contributed by atoms with Crippen LogP contribution < -0.4 is 10.2 Å². The molecule has 0 aliphatic carbocycles. The van der Waals surface area contributed by atoms with Crippen molar-refractivity contribution in [2.75, 3.05) is 18.6 Å². The summed E-state index contributed by atoms with van der Waals surface area (Å²) in [7, 11) is 1.51. The van der Waals surface area contributed by atoms with Crippen LogP contribution in [0.25, 0.3) is 0 Å². The van der Waals surface area contributed by atoms with Crippen molar-refractivity contribution in [3.8, 4) is 12.3 Å². The number of carbonyl (C=O) groups is 3. The molecule has 0 radical (unpaired) electrons. The molecule has 0 unspecified atom stereocenters. The van der Waals surface area contributed by atoms with Crippen LogP contribution in [0.5, 0.6) is 0 Å². The van der Waals surface area contributed by atoms with Crippen LogP contribution >= 0.6 is 23.2 Å². The summed E-state index contributed by atoms with van der Waals surface area (Å²) in [4.78, 5) is 36.9. The van der Waals surface area contributed by atoms with Gasteiger partial charge in [0.15, 0.2) is 5.76 Å². The van der Waals surface area contributed by atoms with Crippen molar-refractivity contribution in [3.63, 3.8) is 0 Å². The van der Waals surface area contributed by atoms with Crippen LogP contribution in [0.4, 0.5) is 5.69 Å². The van der Waals surface area contributed by atoms with Crippen LogP contribution in [0, 0.1) is 12.3 Å². The molecule has 0 bridgehead atoms. The average Bonchev–Trinajstić information content (AvgIpc) is 2.75. The Hall–Kier alpha value is -3.27. The fourth-order valence-corrected chi connectivity index (χ4v) is 2.90. The Morgan fingerprint density at radius 3 is 2.50 bits per heavy atom. The SMILES string of the molecule is C#CCO/C(=C/C=O)C(=O)N(C)c1ccc(C(=O)NCc2ccc(Cl)cc2Cl)cc1. The lowest BCUT2D eigenvalue weighted by molar-refractivity contribution is -0.118. The number of nitrogens with zero attached hydrogens (tertiary/aromatic N) is 1. The first kappa shape index (κ1) is 23.0. The fourth-order valence-electron chi connectivity index (χ4n) is 2.42. The van der Waals surface area contributed by atoms with Gasteiger partial charge in [-0.25, -0.2) is 0 Å². The zero-order valence-electron chi connectivity index (χ0n) is 16.0. The van der Waals surface area contributed by atoms with Crippen LogP contribution in [0.3, 0.4) is 0 Å². The number of terminal acetylenes is 1.